The minimum absolute atomic E-state index is 0.0808. The summed E-state index contributed by atoms with van der Waals surface area (Å²) in [5, 5.41) is 8.65. The van der Waals surface area contributed by atoms with Crippen molar-refractivity contribution < 1.29 is 13.5 Å². The molecule has 0 aromatic heterocycles. The maximum absolute atomic E-state index is 11.8. The first-order valence-corrected chi connectivity index (χ1v) is 6.73. The fourth-order valence-corrected chi connectivity index (χ4v) is 2.69. The first kappa shape index (κ1) is 13.2. The van der Waals surface area contributed by atoms with Gasteiger partial charge in [-0.25, -0.2) is 13.1 Å². The molecule has 5 heteroatoms. The summed E-state index contributed by atoms with van der Waals surface area (Å²) in [6.45, 7) is 1.87. The summed E-state index contributed by atoms with van der Waals surface area (Å²) in [6.07, 6.45) is 1.22. The lowest BCUT2D eigenvalue weighted by atomic mass is 10.2. The Hall–Kier alpha value is -0.910. The molecule has 0 spiro atoms. The third-order valence-corrected chi connectivity index (χ3v) is 3.81. The second kappa shape index (κ2) is 5.98. The Kier molecular flexibility index (Phi) is 4.92. The van der Waals surface area contributed by atoms with Crippen LogP contribution in [0, 0.1) is 0 Å². The summed E-state index contributed by atoms with van der Waals surface area (Å²) in [4.78, 5) is 0.269. The van der Waals surface area contributed by atoms with Gasteiger partial charge >= 0.3 is 0 Å². The van der Waals surface area contributed by atoms with Crippen molar-refractivity contribution in [2.24, 2.45) is 0 Å². The van der Waals surface area contributed by atoms with E-state index in [1.807, 2.05) is 0 Å². The van der Waals surface area contributed by atoms with Crippen LogP contribution in [0.3, 0.4) is 0 Å². The van der Waals surface area contributed by atoms with Gasteiger partial charge in [0.2, 0.25) is 10.0 Å². The lowest BCUT2D eigenvalue weighted by Gasteiger charge is -2.13. The molecule has 90 valence electrons. The normalized spacial score (nSPS) is 13.6. The summed E-state index contributed by atoms with van der Waals surface area (Å²) >= 11 is 0. The van der Waals surface area contributed by atoms with E-state index in [0.29, 0.717) is 12.8 Å². The Morgan fingerprint density at radius 1 is 1.31 bits per heavy atom. The van der Waals surface area contributed by atoms with E-state index in [1.165, 1.54) is 0 Å². The maximum atomic E-state index is 11.8. The average molecular weight is 243 g/mol. The lowest BCUT2D eigenvalue weighted by molar-refractivity contribution is 0.279. The third kappa shape index (κ3) is 3.92. The van der Waals surface area contributed by atoms with Crippen molar-refractivity contribution in [1.29, 1.82) is 0 Å². The zero-order valence-electron chi connectivity index (χ0n) is 9.26. The van der Waals surface area contributed by atoms with E-state index in [2.05, 4.69) is 4.72 Å². The SMILES string of the molecule is CC(CCCO)NS(=O)(=O)c1ccccc1. The molecule has 4 nitrogen and oxygen atoms in total. The lowest BCUT2D eigenvalue weighted by Crippen LogP contribution is -2.32. The Balaban J connectivity index is 2.66. The molecule has 2 N–H and O–H groups in total. The van der Waals surface area contributed by atoms with E-state index in [1.54, 1.807) is 37.3 Å². The van der Waals surface area contributed by atoms with Crippen LogP contribution in [-0.4, -0.2) is 26.2 Å². The van der Waals surface area contributed by atoms with Crippen LogP contribution in [0.5, 0.6) is 0 Å². The summed E-state index contributed by atoms with van der Waals surface area (Å²) in [5.41, 5.74) is 0. The van der Waals surface area contributed by atoms with Gasteiger partial charge in [-0.2, -0.15) is 0 Å². The van der Waals surface area contributed by atoms with Crippen LogP contribution in [0.4, 0.5) is 0 Å². The molecule has 16 heavy (non-hydrogen) atoms. The second-order valence-electron chi connectivity index (χ2n) is 3.70. The van der Waals surface area contributed by atoms with Gasteiger partial charge in [0.25, 0.3) is 0 Å². The van der Waals surface area contributed by atoms with E-state index in [9.17, 15) is 8.42 Å². The van der Waals surface area contributed by atoms with Crippen LogP contribution < -0.4 is 4.72 Å². The van der Waals surface area contributed by atoms with E-state index < -0.39 is 10.0 Å². The Morgan fingerprint density at radius 3 is 2.50 bits per heavy atom. The second-order valence-corrected chi connectivity index (χ2v) is 5.42. The number of sulfonamides is 1. The van der Waals surface area contributed by atoms with Crippen LogP contribution in [0.2, 0.25) is 0 Å². The Bertz CT molecular complexity index is 402. The van der Waals surface area contributed by atoms with Gasteiger partial charge in [0.05, 0.1) is 4.90 Å². The van der Waals surface area contributed by atoms with Crippen molar-refractivity contribution in [2.75, 3.05) is 6.61 Å². The molecule has 1 rings (SSSR count). The van der Waals surface area contributed by atoms with Gasteiger partial charge in [-0.05, 0) is 31.9 Å². The van der Waals surface area contributed by atoms with Crippen LogP contribution in [-0.2, 0) is 10.0 Å². The molecule has 1 aromatic carbocycles. The van der Waals surface area contributed by atoms with Crippen molar-refractivity contribution in [3.8, 4) is 0 Å². The molecule has 1 atom stereocenters. The molecule has 0 radical (unpaired) electrons. The molecule has 0 aliphatic carbocycles. The minimum Gasteiger partial charge on any atom is -0.396 e. The van der Waals surface area contributed by atoms with Crippen LogP contribution in [0.1, 0.15) is 19.8 Å². The zero-order chi connectivity index (χ0) is 12.0. The van der Waals surface area contributed by atoms with Crippen molar-refractivity contribution in [3.63, 3.8) is 0 Å². The number of hydrogen-bond donors (Lipinski definition) is 2. The molecule has 0 aliphatic heterocycles. The number of rotatable bonds is 6. The van der Waals surface area contributed by atoms with E-state index in [4.69, 9.17) is 5.11 Å². The fourth-order valence-electron chi connectivity index (χ4n) is 1.39. The zero-order valence-corrected chi connectivity index (χ0v) is 10.1. The Morgan fingerprint density at radius 2 is 1.94 bits per heavy atom. The predicted octanol–water partition coefficient (Wildman–Crippen LogP) is 1.13. The fraction of sp³-hybridized carbons (Fsp3) is 0.455. The number of benzene rings is 1. The molecule has 0 amide bonds. The molecule has 0 fully saturated rings. The van der Waals surface area contributed by atoms with Gasteiger partial charge in [0, 0.05) is 12.6 Å². The van der Waals surface area contributed by atoms with Crippen LogP contribution >= 0.6 is 0 Å². The van der Waals surface area contributed by atoms with E-state index in [0.717, 1.165) is 0 Å². The van der Waals surface area contributed by atoms with Gasteiger partial charge in [-0.3, -0.25) is 0 Å². The standard InChI is InChI=1S/C11H17NO3S/c1-10(6-5-9-13)12-16(14,15)11-7-3-2-4-8-11/h2-4,7-8,10,12-13H,5-6,9H2,1H3. The minimum atomic E-state index is -3.42. The number of nitrogens with one attached hydrogen (secondary N) is 1. The molecule has 0 saturated carbocycles. The largest absolute Gasteiger partial charge is 0.396 e. The molecule has 1 unspecified atom stereocenters. The predicted molar refractivity (Wildman–Crippen MR) is 62.5 cm³/mol. The maximum Gasteiger partial charge on any atom is 0.240 e. The van der Waals surface area contributed by atoms with Gasteiger partial charge in [0.15, 0.2) is 0 Å². The van der Waals surface area contributed by atoms with E-state index in [-0.39, 0.29) is 17.5 Å². The number of aliphatic hydroxyl groups is 1. The summed E-state index contributed by atoms with van der Waals surface area (Å²) in [6, 6.07) is 8.09. The smallest absolute Gasteiger partial charge is 0.240 e. The Labute approximate surface area is 96.4 Å². The number of hydrogen-bond acceptors (Lipinski definition) is 3. The van der Waals surface area contributed by atoms with Gasteiger partial charge < -0.3 is 5.11 Å². The molecular weight excluding hydrogens is 226 g/mol. The summed E-state index contributed by atoms with van der Waals surface area (Å²) in [7, 11) is -3.42. The van der Waals surface area contributed by atoms with Crippen molar-refractivity contribution >= 4 is 10.0 Å². The van der Waals surface area contributed by atoms with Crippen molar-refractivity contribution in [3.05, 3.63) is 30.3 Å². The highest BCUT2D eigenvalue weighted by Gasteiger charge is 2.16. The average Bonchev–Trinajstić information content (AvgIpc) is 2.27. The first-order valence-electron chi connectivity index (χ1n) is 5.24. The third-order valence-electron chi connectivity index (χ3n) is 2.21. The molecular formula is C11H17NO3S. The summed E-state index contributed by atoms with van der Waals surface area (Å²) < 4.78 is 26.2. The molecule has 0 saturated heterocycles. The molecule has 0 bridgehead atoms. The van der Waals surface area contributed by atoms with Gasteiger partial charge in [0.1, 0.15) is 0 Å². The molecule has 1 aromatic rings. The van der Waals surface area contributed by atoms with Crippen molar-refractivity contribution in [1.82, 2.24) is 4.72 Å². The van der Waals surface area contributed by atoms with Gasteiger partial charge in [-0.1, -0.05) is 18.2 Å². The topological polar surface area (TPSA) is 66.4 Å². The molecule has 0 heterocycles. The quantitative estimate of drug-likeness (QED) is 0.787. The van der Waals surface area contributed by atoms with Crippen LogP contribution in [0.25, 0.3) is 0 Å². The van der Waals surface area contributed by atoms with Crippen LogP contribution in [0.15, 0.2) is 35.2 Å². The summed E-state index contributed by atoms with van der Waals surface area (Å²) in [5.74, 6) is 0. The first-order chi connectivity index (χ1) is 7.56. The van der Waals surface area contributed by atoms with Gasteiger partial charge in [-0.15, -0.1) is 0 Å². The highest BCUT2D eigenvalue weighted by atomic mass is 32.2. The van der Waals surface area contributed by atoms with Crippen molar-refractivity contribution in [2.45, 2.75) is 30.7 Å². The highest BCUT2D eigenvalue weighted by molar-refractivity contribution is 7.89. The monoisotopic (exact) mass is 243 g/mol. The van der Waals surface area contributed by atoms with E-state index >= 15 is 0 Å². The molecule has 0 aliphatic rings. The number of aliphatic hydroxyl groups excluding tert-OH is 1. The highest BCUT2D eigenvalue weighted by Crippen LogP contribution is 2.09.